The number of nitrogens with zero attached hydrogens (tertiary/aromatic N) is 2. The summed E-state index contributed by atoms with van der Waals surface area (Å²) in [4.78, 5) is 16.9. The number of anilines is 2. The van der Waals surface area contributed by atoms with E-state index in [-0.39, 0.29) is 5.56 Å². The third kappa shape index (κ3) is 1.37. The van der Waals surface area contributed by atoms with Gasteiger partial charge in [-0.3, -0.25) is 0 Å². The molecule has 0 saturated carbocycles. The summed E-state index contributed by atoms with van der Waals surface area (Å²) in [6, 6.07) is 1.45. The molecule has 0 radical (unpaired) electrons. The van der Waals surface area contributed by atoms with Gasteiger partial charge >= 0.3 is 5.97 Å². The highest BCUT2D eigenvalue weighted by atomic mass is 16.4. The van der Waals surface area contributed by atoms with Gasteiger partial charge in [-0.05, 0) is 12.5 Å². The van der Waals surface area contributed by atoms with E-state index in [4.69, 9.17) is 10.8 Å². The predicted molar refractivity (Wildman–Crippen MR) is 52.4 cm³/mol. The second-order valence-electron chi connectivity index (χ2n) is 3.29. The molecule has 1 aromatic heterocycles. The first-order valence-corrected chi connectivity index (χ1v) is 4.42. The highest BCUT2D eigenvalue weighted by Gasteiger charge is 2.22. The van der Waals surface area contributed by atoms with E-state index in [2.05, 4.69) is 4.98 Å². The van der Waals surface area contributed by atoms with Gasteiger partial charge in [0.15, 0.2) is 0 Å². The van der Waals surface area contributed by atoms with Gasteiger partial charge in [0.1, 0.15) is 11.4 Å². The zero-order chi connectivity index (χ0) is 10.1. The molecule has 1 saturated heterocycles. The smallest absolute Gasteiger partial charge is 0.339 e. The van der Waals surface area contributed by atoms with Crippen molar-refractivity contribution in [2.24, 2.45) is 0 Å². The Labute approximate surface area is 81.2 Å². The molecule has 14 heavy (non-hydrogen) atoms. The molecule has 3 N–H and O–H groups in total. The minimum Gasteiger partial charge on any atom is -0.478 e. The number of nitrogens with two attached hydrogens (primary N) is 1. The Hall–Kier alpha value is -1.78. The number of nitrogen functional groups attached to an aromatic ring is 1. The van der Waals surface area contributed by atoms with E-state index >= 15 is 0 Å². The van der Waals surface area contributed by atoms with Crippen molar-refractivity contribution in [1.82, 2.24) is 4.98 Å². The van der Waals surface area contributed by atoms with Crippen LogP contribution in [0, 0.1) is 0 Å². The summed E-state index contributed by atoms with van der Waals surface area (Å²) >= 11 is 0. The number of carbonyl (C=O) groups is 1. The van der Waals surface area contributed by atoms with E-state index in [1.165, 1.54) is 12.3 Å². The molecular weight excluding hydrogens is 182 g/mol. The highest BCUT2D eigenvalue weighted by Crippen LogP contribution is 2.23. The van der Waals surface area contributed by atoms with Crippen molar-refractivity contribution in [2.45, 2.75) is 6.42 Å². The zero-order valence-electron chi connectivity index (χ0n) is 7.60. The maximum atomic E-state index is 10.9. The van der Waals surface area contributed by atoms with Crippen LogP contribution in [0.1, 0.15) is 16.8 Å². The molecule has 5 heteroatoms. The normalized spacial score (nSPS) is 15.0. The lowest BCUT2D eigenvalue weighted by atomic mass is 10.1. The minimum atomic E-state index is -0.980. The number of aromatic carboxylic acids is 1. The first-order chi connectivity index (χ1) is 6.68. The molecule has 0 aromatic carbocycles. The van der Waals surface area contributed by atoms with E-state index in [9.17, 15) is 4.79 Å². The summed E-state index contributed by atoms with van der Waals surface area (Å²) < 4.78 is 0. The zero-order valence-corrected chi connectivity index (χ0v) is 7.60. The molecule has 74 valence electrons. The second kappa shape index (κ2) is 3.17. The predicted octanol–water partition coefficient (Wildman–Crippen LogP) is 0.572. The third-order valence-electron chi connectivity index (χ3n) is 2.27. The number of carboxylic acid groups (broad SMARTS) is 1. The second-order valence-corrected chi connectivity index (χ2v) is 3.29. The van der Waals surface area contributed by atoms with Crippen LogP contribution in [0.2, 0.25) is 0 Å². The van der Waals surface area contributed by atoms with Crippen molar-refractivity contribution in [3.63, 3.8) is 0 Å². The van der Waals surface area contributed by atoms with Gasteiger partial charge in [0.25, 0.3) is 0 Å². The van der Waals surface area contributed by atoms with Gasteiger partial charge in [-0.1, -0.05) is 0 Å². The molecule has 0 bridgehead atoms. The number of rotatable bonds is 2. The lowest BCUT2D eigenvalue weighted by Crippen LogP contribution is -2.38. The molecule has 2 rings (SSSR count). The van der Waals surface area contributed by atoms with Crippen LogP contribution in [-0.4, -0.2) is 29.1 Å². The Morgan fingerprint density at radius 2 is 2.29 bits per heavy atom. The summed E-state index contributed by atoms with van der Waals surface area (Å²) in [7, 11) is 0. The van der Waals surface area contributed by atoms with Crippen molar-refractivity contribution < 1.29 is 9.90 Å². The van der Waals surface area contributed by atoms with Crippen molar-refractivity contribution in [2.75, 3.05) is 23.7 Å². The van der Waals surface area contributed by atoms with E-state index < -0.39 is 5.97 Å². The van der Waals surface area contributed by atoms with Crippen molar-refractivity contribution >= 4 is 17.5 Å². The molecule has 1 aliphatic heterocycles. The number of aromatic nitrogens is 1. The Balaban J connectivity index is 2.41. The van der Waals surface area contributed by atoms with Gasteiger partial charge in [-0.15, -0.1) is 0 Å². The van der Waals surface area contributed by atoms with Crippen LogP contribution in [-0.2, 0) is 0 Å². The van der Waals surface area contributed by atoms with Crippen LogP contribution in [0.4, 0.5) is 11.5 Å². The average molecular weight is 193 g/mol. The molecule has 0 amide bonds. The van der Waals surface area contributed by atoms with Crippen molar-refractivity contribution in [3.8, 4) is 0 Å². The molecule has 1 aliphatic rings. The molecule has 0 atom stereocenters. The van der Waals surface area contributed by atoms with Crippen LogP contribution in [0.25, 0.3) is 0 Å². The van der Waals surface area contributed by atoms with E-state index in [1.807, 2.05) is 4.90 Å². The summed E-state index contributed by atoms with van der Waals surface area (Å²) in [5.74, 6) is -0.454. The lowest BCUT2D eigenvalue weighted by Gasteiger charge is -2.32. The van der Waals surface area contributed by atoms with Crippen LogP contribution in [0.15, 0.2) is 12.3 Å². The maximum Gasteiger partial charge on any atom is 0.339 e. The Kier molecular flexibility index (Phi) is 1.99. The van der Waals surface area contributed by atoms with Crippen LogP contribution in [0.3, 0.4) is 0 Å². The van der Waals surface area contributed by atoms with E-state index in [0.29, 0.717) is 11.5 Å². The summed E-state index contributed by atoms with van der Waals surface area (Å²) in [5, 5.41) is 8.94. The van der Waals surface area contributed by atoms with Gasteiger partial charge in [0, 0.05) is 13.1 Å². The minimum absolute atomic E-state index is 0.185. The number of pyridine rings is 1. The van der Waals surface area contributed by atoms with Crippen molar-refractivity contribution in [1.29, 1.82) is 0 Å². The first-order valence-electron chi connectivity index (χ1n) is 4.42. The maximum absolute atomic E-state index is 10.9. The van der Waals surface area contributed by atoms with Crippen LogP contribution in [0.5, 0.6) is 0 Å². The molecule has 0 aliphatic carbocycles. The molecular formula is C9H11N3O2. The fraction of sp³-hybridized carbons (Fsp3) is 0.333. The fourth-order valence-corrected chi connectivity index (χ4v) is 1.41. The van der Waals surface area contributed by atoms with E-state index in [1.54, 1.807) is 0 Å². The lowest BCUT2D eigenvalue weighted by molar-refractivity contribution is 0.0697. The quantitative estimate of drug-likeness (QED) is 0.717. The molecule has 2 heterocycles. The van der Waals surface area contributed by atoms with E-state index in [0.717, 1.165) is 19.5 Å². The number of hydrogen-bond donors (Lipinski definition) is 2. The van der Waals surface area contributed by atoms with Crippen LogP contribution >= 0.6 is 0 Å². The van der Waals surface area contributed by atoms with Gasteiger partial charge in [0.05, 0.1) is 11.9 Å². The van der Waals surface area contributed by atoms with Gasteiger partial charge in [-0.25, -0.2) is 9.78 Å². The molecule has 1 aromatic rings. The number of hydrogen-bond acceptors (Lipinski definition) is 4. The summed E-state index contributed by atoms with van der Waals surface area (Å²) in [6.45, 7) is 1.74. The fourth-order valence-electron chi connectivity index (χ4n) is 1.41. The van der Waals surface area contributed by atoms with Crippen LogP contribution < -0.4 is 10.6 Å². The largest absolute Gasteiger partial charge is 0.478 e. The van der Waals surface area contributed by atoms with Gasteiger partial charge in [-0.2, -0.15) is 0 Å². The van der Waals surface area contributed by atoms with Crippen molar-refractivity contribution in [3.05, 3.63) is 17.8 Å². The summed E-state index contributed by atoms with van der Waals surface area (Å²) in [6.07, 6.45) is 2.57. The van der Waals surface area contributed by atoms with Gasteiger partial charge in [0.2, 0.25) is 0 Å². The summed E-state index contributed by atoms with van der Waals surface area (Å²) in [5.41, 5.74) is 6.05. The first kappa shape index (κ1) is 8.80. The SMILES string of the molecule is Nc1cnc(N2CCC2)c(C(=O)O)c1. The molecule has 0 spiro atoms. The Morgan fingerprint density at radius 3 is 2.79 bits per heavy atom. The van der Waals surface area contributed by atoms with Gasteiger partial charge < -0.3 is 15.7 Å². The monoisotopic (exact) mass is 193 g/mol. The molecule has 0 unspecified atom stereocenters. The molecule has 5 nitrogen and oxygen atoms in total. The number of carboxylic acids is 1. The Bertz CT molecular complexity index is 374. The molecule has 1 fully saturated rings. The standard InChI is InChI=1S/C9H11N3O2/c10-6-4-7(9(13)14)8(11-5-6)12-2-1-3-12/h4-5H,1-3,10H2,(H,13,14). The topological polar surface area (TPSA) is 79.5 Å². The highest BCUT2D eigenvalue weighted by molar-refractivity contribution is 5.94. The Morgan fingerprint density at radius 1 is 1.57 bits per heavy atom. The third-order valence-corrected chi connectivity index (χ3v) is 2.27. The average Bonchev–Trinajstić information content (AvgIpc) is 2.04.